The van der Waals surface area contributed by atoms with Crippen LogP contribution < -0.4 is 0 Å². The molecule has 0 aliphatic heterocycles. The van der Waals surface area contributed by atoms with Gasteiger partial charge in [0, 0.05) is 32.3 Å². The second-order valence-electron chi connectivity index (χ2n) is 3.03. The van der Waals surface area contributed by atoms with E-state index in [-0.39, 0.29) is 25.8 Å². The molecule has 0 bridgehead atoms. The van der Waals surface area contributed by atoms with Crippen LogP contribution in [0.4, 0.5) is 0 Å². The first-order chi connectivity index (χ1) is 4.63. The number of hydrogen-bond acceptors (Lipinski definition) is 1. The quantitative estimate of drug-likeness (QED) is 0.765. The molecule has 0 heterocycles. The second kappa shape index (κ2) is 8.44. The number of hydrogen-bond donors (Lipinski definition) is 1. The van der Waals surface area contributed by atoms with Gasteiger partial charge in [-0.3, -0.25) is 4.79 Å². The summed E-state index contributed by atoms with van der Waals surface area (Å²) in [6.45, 7) is 4.31. The van der Waals surface area contributed by atoms with E-state index >= 15 is 0 Å². The Kier molecular flexibility index (Phi) is 10.7. The summed E-state index contributed by atoms with van der Waals surface area (Å²) in [5, 5.41) is 8.28. The molecule has 0 amide bonds. The van der Waals surface area contributed by atoms with Gasteiger partial charge in [-0.2, -0.15) is 0 Å². The summed E-state index contributed by atoms with van der Waals surface area (Å²) in [5.74, 6) is 0.0255. The average molecular weight is 259 g/mol. The van der Waals surface area contributed by atoms with Gasteiger partial charge in [0.25, 0.3) is 0 Å². The van der Waals surface area contributed by atoms with Crippen LogP contribution in [-0.4, -0.2) is 36.9 Å². The van der Waals surface area contributed by atoms with Crippen LogP contribution in [0.2, 0.25) is 0 Å². The minimum Gasteiger partial charge on any atom is -0.481 e. The van der Waals surface area contributed by atoms with Crippen LogP contribution in [0, 0.1) is 5.92 Å². The van der Waals surface area contributed by atoms with Crippen LogP contribution in [0.25, 0.3) is 0 Å². The molecule has 3 heteroatoms. The maximum absolute atomic E-state index is 10.0. The van der Waals surface area contributed by atoms with E-state index < -0.39 is 5.97 Å². The van der Waals surface area contributed by atoms with E-state index in [4.69, 9.17) is 5.11 Å². The molecular weight excluding hydrogens is 243 g/mol. The Morgan fingerprint density at radius 1 is 1.36 bits per heavy atom. The topological polar surface area (TPSA) is 37.3 Å². The minimum absolute atomic E-state index is 0. The number of rotatable bonds is 5. The van der Waals surface area contributed by atoms with Crippen molar-refractivity contribution in [3.8, 4) is 0 Å². The van der Waals surface area contributed by atoms with Gasteiger partial charge in [0.15, 0.2) is 0 Å². The molecule has 2 nitrogen and oxygen atoms in total. The smallest absolute Gasteiger partial charge is 0.303 e. The number of unbranched alkanes of at least 4 members (excludes halogenated alkanes) is 1. The molecule has 0 saturated carbocycles. The molecule has 0 atom stereocenters. The van der Waals surface area contributed by atoms with Crippen molar-refractivity contribution >= 4 is 31.8 Å². The SMILES string of the molecule is CC(C)CCCCC(=O)O.[In]. The Hall–Kier alpha value is 0.340. The maximum atomic E-state index is 10.0. The van der Waals surface area contributed by atoms with E-state index in [1.165, 1.54) is 0 Å². The van der Waals surface area contributed by atoms with Gasteiger partial charge in [0.1, 0.15) is 0 Å². The van der Waals surface area contributed by atoms with Crippen LogP contribution in [0.15, 0.2) is 0 Å². The maximum Gasteiger partial charge on any atom is 0.303 e. The van der Waals surface area contributed by atoms with E-state index in [0.29, 0.717) is 12.3 Å². The predicted octanol–water partition coefficient (Wildman–Crippen LogP) is 1.91. The molecule has 3 radical (unpaired) electrons. The fourth-order valence-electron chi connectivity index (χ4n) is 0.829. The first-order valence-electron chi connectivity index (χ1n) is 3.84. The van der Waals surface area contributed by atoms with Crippen molar-refractivity contribution in [3.63, 3.8) is 0 Å². The Labute approximate surface area is 87.2 Å². The van der Waals surface area contributed by atoms with Crippen molar-refractivity contribution in [1.29, 1.82) is 0 Å². The van der Waals surface area contributed by atoms with Gasteiger partial charge in [0.05, 0.1) is 0 Å². The third-order valence-corrected chi connectivity index (χ3v) is 1.42. The Morgan fingerprint density at radius 2 is 1.91 bits per heavy atom. The van der Waals surface area contributed by atoms with Crippen LogP contribution in [0.5, 0.6) is 0 Å². The summed E-state index contributed by atoms with van der Waals surface area (Å²) in [5.41, 5.74) is 0. The van der Waals surface area contributed by atoms with Crippen LogP contribution >= 0.6 is 0 Å². The molecule has 63 valence electrons. The monoisotopic (exact) mass is 259 g/mol. The molecular formula is C8H16InO2. The van der Waals surface area contributed by atoms with Crippen molar-refractivity contribution in [3.05, 3.63) is 0 Å². The van der Waals surface area contributed by atoms with E-state index in [1.807, 2.05) is 0 Å². The summed E-state index contributed by atoms with van der Waals surface area (Å²) in [7, 11) is 0. The predicted molar refractivity (Wildman–Crippen MR) is 46.7 cm³/mol. The van der Waals surface area contributed by atoms with Gasteiger partial charge in [-0.1, -0.05) is 26.7 Å². The second-order valence-corrected chi connectivity index (χ2v) is 3.03. The zero-order valence-corrected chi connectivity index (χ0v) is 10.6. The fourth-order valence-corrected chi connectivity index (χ4v) is 0.829. The van der Waals surface area contributed by atoms with E-state index in [9.17, 15) is 4.79 Å². The van der Waals surface area contributed by atoms with Crippen LogP contribution in [0.3, 0.4) is 0 Å². The third kappa shape index (κ3) is 13.3. The van der Waals surface area contributed by atoms with Gasteiger partial charge >= 0.3 is 5.97 Å². The molecule has 0 spiro atoms. The van der Waals surface area contributed by atoms with E-state index in [1.54, 1.807) is 0 Å². The third-order valence-electron chi connectivity index (χ3n) is 1.42. The number of aliphatic carboxylic acids is 1. The van der Waals surface area contributed by atoms with Crippen LogP contribution in [-0.2, 0) is 4.79 Å². The van der Waals surface area contributed by atoms with Crippen molar-refractivity contribution < 1.29 is 9.90 Å². The summed E-state index contributed by atoms with van der Waals surface area (Å²) >= 11 is 0. The van der Waals surface area contributed by atoms with Crippen molar-refractivity contribution in [2.45, 2.75) is 39.5 Å². The Morgan fingerprint density at radius 3 is 2.27 bits per heavy atom. The van der Waals surface area contributed by atoms with Crippen molar-refractivity contribution in [2.24, 2.45) is 5.92 Å². The number of carbonyl (C=O) groups is 1. The number of carboxylic acids is 1. The van der Waals surface area contributed by atoms with E-state index in [2.05, 4.69) is 13.8 Å². The molecule has 1 N–H and O–H groups in total. The van der Waals surface area contributed by atoms with Gasteiger partial charge in [0.2, 0.25) is 0 Å². The molecule has 0 aromatic carbocycles. The van der Waals surface area contributed by atoms with Gasteiger partial charge in [-0.05, 0) is 12.3 Å². The molecule has 0 unspecified atom stereocenters. The Bertz CT molecular complexity index is 102. The average Bonchev–Trinajstić information content (AvgIpc) is 1.79. The molecule has 0 aliphatic carbocycles. The molecule has 0 saturated heterocycles. The Balaban J connectivity index is 0. The summed E-state index contributed by atoms with van der Waals surface area (Å²) < 4.78 is 0. The normalized spacial score (nSPS) is 9.36. The largest absolute Gasteiger partial charge is 0.481 e. The first kappa shape index (κ1) is 13.9. The summed E-state index contributed by atoms with van der Waals surface area (Å²) in [4.78, 5) is 10.0. The molecule has 0 rings (SSSR count). The molecule has 0 aromatic rings. The van der Waals surface area contributed by atoms with Crippen molar-refractivity contribution in [2.75, 3.05) is 0 Å². The zero-order chi connectivity index (χ0) is 7.98. The fraction of sp³-hybridized carbons (Fsp3) is 0.875. The first-order valence-corrected chi connectivity index (χ1v) is 3.84. The summed E-state index contributed by atoms with van der Waals surface area (Å²) in [6.07, 6.45) is 3.34. The van der Waals surface area contributed by atoms with Gasteiger partial charge < -0.3 is 5.11 Å². The summed E-state index contributed by atoms with van der Waals surface area (Å²) in [6, 6.07) is 0. The number of carboxylic acid groups (broad SMARTS) is 1. The van der Waals surface area contributed by atoms with Gasteiger partial charge in [-0.25, -0.2) is 0 Å². The molecule has 0 aliphatic rings. The zero-order valence-electron chi connectivity index (χ0n) is 7.34. The van der Waals surface area contributed by atoms with Gasteiger partial charge in [-0.15, -0.1) is 0 Å². The minimum atomic E-state index is -0.677. The standard InChI is InChI=1S/C8H16O2.In/c1-7(2)5-3-4-6-8(9)10;/h7H,3-6H2,1-2H3,(H,9,10);. The van der Waals surface area contributed by atoms with E-state index in [0.717, 1.165) is 19.3 Å². The molecule has 0 fully saturated rings. The molecule has 0 aromatic heterocycles. The van der Waals surface area contributed by atoms with Crippen LogP contribution in [0.1, 0.15) is 39.5 Å². The van der Waals surface area contributed by atoms with Crippen molar-refractivity contribution in [1.82, 2.24) is 0 Å². The molecule has 11 heavy (non-hydrogen) atoms.